The van der Waals surface area contributed by atoms with Crippen molar-refractivity contribution in [1.82, 2.24) is 19.7 Å². The number of benzene rings is 1. The highest BCUT2D eigenvalue weighted by molar-refractivity contribution is 5.76. The van der Waals surface area contributed by atoms with Gasteiger partial charge < -0.3 is 9.88 Å². The lowest BCUT2D eigenvalue weighted by molar-refractivity contribution is -0.385. The van der Waals surface area contributed by atoms with Crippen molar-refractivity contribution in [2.24, 2.45) is 0 Å². The van der Waals surface area contributed by atoms with Crippen molar-refractivity contribution in [3.63, 3.8) is 0 Å². The van der Waals surface area contributed by atoms with Crippen molar-refractivity contribution in [1.29, 1.82) is 0 Å². The van der Waals surface area contributed by atoms with Gasteiger partial charge in [-0.2, -0.15) is 5.10 Å². The normalized spacial score (nSPS) is 11.9. The standard InChI is InChI=1S/C18H19N5O3/c1-13(15-6-5-7-16(10-15)21-8-3-4-9-21)19-18(24)12-22-11-17(23(25)26)14(2)20-22/h3-11,13H,12H2,1-2H3,(H,19,24). The minimum Gasteiger partial charge on any atom is -0.348 e. The van der Waals surface area contributed by atoms with Crippen LogP contribution < -0.4 is 5.32 Å². The number of rotatable bonds is 6. The fraction of sp³-hybridized carbons (Fsp3) is 0.222. The van der Waals surface area contributed by atoms with Gasteiger partial charge in [-0.25, -0.2) is 0 Å². The molecule has 0 saturated heterocycles. The minimum atomic E-state index is -0.508. The van der Waals surface area contributed by atoms with Crippen LogP contribution in [0.2, 0.25) is 0 Å². The van der Waals surface area contributed by atoms with Gasteiger partial charge in [0.1, 0.15) is 18.4 Å². The largest absolute Gasteiger partial charge is 0.348 e. The van der Waals surface area contributed by atoms with Crippen molar-refractivity contribution in [3.8, 4) is 5.69 Å². The van der Waals surface area contributed by atoms with Crippen LogP contribution in [0.5, 0.6) is 0 Å². The molecule has 2 heterocycles. The van der Waals surface area contributed by atoms with Gasteiger partial charge in [0.15, 0.2) is 0 Å². The summed E-state index contributed by atoms with van der Waals surface area (Å²) in [6.45, 7) is 3.36. The first kappa shape index (κ1) is 17.4. The highest BCUT2D eigenvalue weighted by Crippen LogP contribution is 2.18. The average molecular weight is 353 g/mol. The smallest absolute Gasteiger partial charge is 0.309 e. The average Bonchev–Trinajstić information content (AvgIpc) is 3.24. The Morgan fingerprint density at radius 2 is 2.04 bits per heavy atom. The molecule has 3 aromatic rings. The first-order valence-corrected chi connectivity index (χ1v) is 8.15. The van der Waals surface area contributed by atoms with Crippen LogP contribution >= 0.6 is 0 Å². The lowest BCUT2D eigenvalue weighted by atomic mass is 10.1. The summed E-state index contributed by atoms with van der Waals surface area (Å²) in [5.41, 5.74) is 2.17. The molecule has 8 nitrogen and oxygen atoms in total. The van der Waals surface area contributed by atoms with Crippen molar-refractivity contribution in [3.05, 3.63) is 76.4 Å². The molecule has 0 aliphatic rings. The number of hydrogen-bond donors (Lipinski definition) is 1. The Morgan fingerprint density at radius 1 is 1.31 bits per heavy atom. The van der Waals surface area contributed by atoms with E-state index in [1.165, 1.54) is 10.9 Å². The first-order valence-electron chi connectivity index (χ1n) is 8.15. The lowest BCUT2D eigenvalue weighted by Crippen LogP contribution is -2.30. The van der Waals surface area contributed by atoms with Gasteiger partial charge in [-0.05, 0) is 43.7 Å². The van der Waals surface area contributed by atoms with Crippen LogP contribution in [0.3, 0.4) is 0 Å². The van der Waals surface area contributed by atoms with E-state index in [-0.39, 0.29) is 29.9 Å². The van der Waals surface area contributed by atoms with E-state index in [0.29, 0.717) is 0 Å². The highest BCUT2D eigenvalue weighted by atomic mass is 16.6. The van der Waals surface area contributed by atoms with Crippen LogP contribution in [0.1, 0.15) is 24.2 Å². The molecule has 1 amide bonds. The summed E-state index contributed by atoms with van der Waals surface area (Å²) < 4.78 is 3.27. The van der Waals surface area contributed by atoms with E-state index in [9.17, 15) is 14.9 Å². The van der Waals surface area contributed by atoms with E-state index < -0.39 is 4.92 Å². The second-order valence-electron chi connectivity index (χ2n) is 6.03. The van der Waals surface area contributed by atoms with Gasteiger partial charge in [0.2, 0.25) is 5.91 Å². The Hall–Kier alpha value is -3.42. The Bertz CT molecular complexity index is 930. The molecule has 3 rings (SSSR count). The molecule has 0 fully saturated rings. The number of aromatic nitrogens is 3. The Labute approximate surface area is 150 Å². The zero-order chi connectivity index (χ0) is 18.7. The van der Waals surface area contributed by atoms with Crippen molar-refractivity contribution >= 4 is 11.6 Å². The third kappa shape index (κ3) is 3.80. The predicted octanol–water partition coefficient (Wildman–Crippen LogP) is 2.77. The first-order chi connectivity index (χ1) is 12.4. The van der Waals surface area contributed by atoms with Crippen LogP contribution in [0, 0.1) is 17.0 Å². The fourth-order valence-electron chi connectivity index (χ4n) is 2.75. The zero-order valence-electron chi connectivity index (χ0n) is 14.5. The molecular formula is C18H19N5O3. The van der Waals surface area contributed by atoms with Gasteiger partial charge in [0.05, 0.1) is 11.0 Å². The van der Waals surface area contributed by atoms with Gasteiger partial charge in [0.25, 0.3) is 0 Å². The molecule has 0 aliphatic carbocycles. The van der Waals surface area contributed by atoms with Crippen molar-refractivity contribution < 1.29 is 9.72 Å². The van der Waals surface area contributed by atoms with E-state index in [1.54, 1.807) is 6.92 Å². The van der Waals surface area contributed by atoms with Crippen LogP contribution in [0.25, 0.3) is 5.69 Å². The van der Waals surface area contributed by atoms with E-state index in [2.05, 4.69) is 10.4 Å². The van der Waals surface area contributed by atoms with Gasteiger partial charge in [-0.1, -0.05) is 12.1 Å². The van der Waals surface area contributed by atoms with Crippen LogP contribution in [0.4, 0.5) is 5.69 Å². The molecule has 1 aromatic carbocycles. The number of nitro groups is 1. The second kappa shape index (κ2) is 7.22. The Kier molecular flexibility index (Phi) is 4.83. The summed E-state index contributed by atoms with van der Waals surface area (Å²) in [6, 6.07) is 11.6. The minimum absolute atomic E-state index is 0.0731. The quantitative estimate of drug-likeness (QED) is 0.544. The SMILES string of the molecule is Cc1nn(CC(=O)NC(C)c2cccc(-n3cccc3)c2)cc1[N+](=O)[O-]. The maximum atomic E-state index is 12.3. The zero-order valence-corrected chi connectivity index (χ0v) is 14.5. The number of hydrogen-bond acceptors (Lipinski definition) is 4. The summed E-state index contributed by atoms with van der Waals surface area (Å²) in [5.74, 6) is -0.263. The van der Waals surface area contributed by atoms with Crippen LogP contribution in [-0.4, -0.2) is 25.2 Å². The maximum absolute atomic E-state index is 12.3. The van der Waals surface area contributed by atoms with Crippen LogP contribution in [-0.2, 0) is 11.3 Å². The summed E-state index contributed by atoms with van der Waals surface area (Å²) in [4.78, 5) is 22.6. The molecule has 1 unspecified atom stereocenters. The van der Waals surface area contributed by atoms with Crippen LogP contribution in [0.15, 0.2) is 55.0 Å². The monoisotopic (exact) mass is 353 g/mol. The predicted molar refractivity (Wildman–Crippen MR) is 95.9 cm³/mol. The fourth-order valence-corrected chi connectivity index (χ4v) is 2.75. The van der Waals surface area contributed by atoms with E-state index >= 15 is 0 Å². The Morgan fingerprint density at radius 3 is 2.69 bits per heavy atom. The molecule has 2 aromatic heterocycles. The van der Waals surface area contributed by atoms with E-state index in [0.717, 1.165) is 11.3 Å². The molecule has 0 bridgehead atoms. The molecule has 0 saturated carbocycles. The molecule has 0 radical (unpaired) electrons. The maximum Gasteiger partial charge on any atom is 0.309 e. The molecule has 1 atom stereocenters. The summed E-state index contributed by atoms with van der Waals surface area (Å²) >= 11 is 0. The molecule has 134 valence electrons. The number of amides is 1. The molecule has 0 aliphatic heterocycles. The second-order valence-corrected chi connectivity index (χ2v) is 6.03. The van der Waals surface area contributed by atoms with Gasteiger partial charge >= 0.3 is 5.69 Å². The summed E-state index contributed by atoms with van der Waals surface area (Å²) in [6.07, 6.45) is 5.18. The molecular weight excluding hydrogens is 334 g/mol. The van der Waals surface area contributed by atoms with Gasteiger partial charge in [-0.15, -0.1) is 0 Å². The Balaban J connectivity index is 1.67. The summed E-state index contributed by atoms with van der Waals surface area (Å²) in [5, 5.41) is 17.8. The molecule has 8 heteroatoms. The van der Waals surface area contributed by atoms with Crippen molar-refractivity contribution in [2.75, 3.05) is 0 Å². The lowest BCUT2D eigenvalue weighted by Gasteiger charge is -2.15. The van der Waals surface area contributed by atoms with Gasteiger partial charge in [0, 0.05) is 18.1 Å². The topological polar surface area (TPSA) is 95.0 Å². The van der Waals surface area contributed by atoms with E-state index in [4.69, 9.17) is 0 Å². The number of nitrogens with one attached hydrogen (secondary N) is 1. The number of nitrogens with zero attached hydrogens (tertiary/aromatic N) is 4. The molecule has 0 spiro atoms. The number of carbonyl (C=O) groups excluding carboxylic acids is 1. The number of carbonyl (C=O) groups is 1. The third-order valence-electron chi connectivity index (χ3n) is 4.07. The molecule has 1 N–H and O–H groups in total. The summed E-state index contributed by atoms with van der Waals surface area (Å²) in [7, 11) is 0. The van der Waals surface area contributed by atoms with Crippen molar-refractivity contribution in [2.45, 2.75) is 26.4 Å². The highest BCUT2D eigenvalue weighted by Gasteiger charge is 2.17. The number of aryl methyl sites for hydroxylation is 1. The van der Waals surface area contributed by atoms with Gasteiger partial charge in [-0.3, -0.25) is 19.6 Å². The van der Waals surface area contributed by atoms with E-state index in [1.807, 2.05) is 60.3 Å². The molecule has 26 heavy (non-hydrogen) atoms. The third-order valence-corrected chi connectivity index (χ3v) is 4.07.